The standard InChI is InChI=1S/C15H21NO5/c1-6-8(2)7-9(3)11(17)10-12(18)13(20-4)15(21-5)16-14(10)19/h6,8-9H,1,7H2,2-5H3,(H2,16,18,19)/t8-,9+/m1/s1. The van der Waals surface area contributed by atoms with E-state index in [9.17, 15) is 14.7 Å². The minimum Gasteiger partial charge on any atom is -0.503 e. The van der Waals surface area contributed by atoms with E-state index in [1.54, 1.807) is 13.0 Å². The number of aromatic nitrogens is 1. The first kappa shape index (κ1) is 16.8. The molecule has 116 valence electrons. The molecule has 0 aromatic carbocycles. The second kappa shape index (κ2) is 6.97. The maximum Gasteiger partial charge on any atom is 0.265 e. The Morgan fingerprint density at radius 2 is 2.00 bits per heavy atom. The molecule has 1 heterocycles. The Morgan fingerprint density at radius 3 is 2.48 bits per heavy atom. The Kier molecular flexibility index (Phi) is 5.58. The molecule has 0 aliphatic rings. The minimum atomic E-state index is -0.701. The number of allylic oxidation sites excluding steroid dienone is 1. The smallest absolute Gasteiger partial charge is 0.265 e. The van der Waals surface area contributed by atoms with E-state index in [4.69, 9.17) is 9.47 Å². The van der Waals surface area contributed by atoms with Crippen LogP contribution in [-0.2, 0) is 0 Å². The summed E-state index contributed by atoms with van der Waals surface area (Å²) in [6.45, 7) is 7.30. The number of methoxy groups -OCH3 is 2. The van der Waals surface area contributed by atoms with Crippen LogP contribution >= 0.6 is 0 Å². The minimum absolute atomic E-state index is 0.0244. The number of carbonyl (C=O) groups is 1. The number of Topliss-reactive ketones (excluding diaryl/α,β-unsaturated/α-hetero) is 1. The highest BCUT2D eigenvalue weighted by atomic mass is 16.5. The van der Waals surface area contributed by atoms with Crippen molar-refractivity contribution < 1.29 is 19.4 Å². The highest BCUT2D eigenvalue weighted by Gasteiger charge is 2.27. The van der Waals surface area contributed by atoms with Gasteiger partial charge in [0.05, 0.1) is 14.2 Å². The number of carbonyl (C=O) groups excluding carboxylic acids is 1. The Morgan fingerprint density at radius 1 is 1.38 bits per heavy atom. The summed E-state index contributed by atoms with van der Waals surface area (Å²) < 4.78 is 9.89. The first-order valence-electron chi connectivity index (χ1n) is 6.61. The fourth-order valence-electron chi connectivity index (χ4n) is 2.12. The number of ketones is 1. The highest BCUT2D eigenvalue weighted by Crippen LogP contribution is 2.36. The monoisotopic (exact) mass is 295 g/mol. The summed E-state index contributed by atoms with van der Waals surface area (Å²) in [5.74, 6) is -1.33. The van der Waals surface area contributed by atoms with Gasteiger partial charge in [-0.3, -0.25) is 14.6 Å². The zero-order valence-corrected chi connectivity index (χ0v) is 12.7. The van der Waals surface area contributed by atoms with E-state index in [0.29, 0.717) is 6.42 Å². The van der Waals surface area contributed by atoms with Crippen molar-refractivity contribution in [2.45, 2.75) is 20.3 Å². The van der Waals surface area contributed by atoms with E-state index in [0.717, 1.165) is 0 Å². The number of aromatic amines is 1. The van der Waals surface area contributed by atoms with Gasteiger partial charge in [0.2, 0.25) is 11.6 Å². The van der Waals surface area contributed by atoms with Gasteiger partial charge in [-0.2, -0.15) is 0 Å². The molecule has 0 spiro atoms. The van der Waals surface area contributed by atoms with E-state index >= 15 is 0 Å². The lowest BCUT2D eigenvalue weighted by atomic mass is 9.90. The van der Waals surface area contributed by atoms with Crippen molar-refractivity contribution in [3.05, 3.63) is 28.6 Å². The Labute approximate surface area is 123 Å². The predicted molar refractivity (Wildman–Crippen MR) is 79.3 cm³/mol. The van der Waals surface area contributed by atoms with Gasteiger partial charge < -0.3 is 14.6 Å². The van der Waals surface area contributed by atoms with Crippen LogP contribution in [-0.4, -0.2) is 30.1 Å². The predicted octanol–water partition coefficient (Wildman–Crippen LogP) is 2.13. The third kappa shape index (κ3) is 3.45. The fraction of sp³-hybridized carbons (Fsp3) is 0.467. The quantitative estimate of drug-likeness (QED) is 0.594. The summed E-state index contributed by atoms with van der Waals surface area (Å²) in [4.78, 5) is 26.8. The topological polar surface area (TPSA) is 88.6 Å². The maximum atomic E-state index is 12.4. The van der Waals surface area contributed by atoms with Gasteiger partial charge in [0.15, 0.2) is 11.5 Å². The van der Waals surface area contributed by atoms with Crippen LogP contribution in [0, 0.1) is 11.8 Å². The van der Waals surface area contributed by atoms with Crippen molar-refractivity contribution >= 4 is 5.78 Å². The van der Waals surface area contributed by atoms with Gasteiger partial charge in [-0.1, -0.05) is 19.9 Å². The Balaban J connectivity index is 3.27. The van der Waals surface area contributed by atoms with Crippen LogP contribution in [0.15, 0.2) is 17.4 Å². The molecule has 1 rings (SSSR count). The van der Waals surface area contributed by atoms with E-state index in [-0.39, 0.29) is 23.1 Å². The lowest BCUT2D eigenvalue weighted by Gasteiger charge is -2.15. The molecule has 1 aromatic rings. The molecule has 0 fully saturated rings. The number of hydrogen-bond acceptors (Lipinski definition) is 5. The molecule has 1 aromatic heterocycles. The van der Waals surface area contributed by atoms with Crippen LogP contribution in [0.3, 0.4) is 0 Å². The van der Waals surface area contributed by atoms with Crippen LogP contribution in [0.25, 0.3) is 0 Å². The first-order chi connectivity index (χ1) is 9.87. The molecule has 6 nitrogen and oxygen atoms in total. The molecular weight excluding hydrogens is 274 g/mol. The molecule has 0 bridgehead atoms. The second-order valence-electron chi connectivity index (χ2n) is 4.96. The molecule has 2 atom stereocenters. The van der Waals surface area contributed by atoms with Crippen molar-refractivity contribution in [1.82, 2.24) is 4.98 Å². The molecule has 0 radical (unpaired) electrons. The summed E-state index contributed by atoms with van der Waals surface area (Å²) >= 11 is 0. The molecule has 0 saturated heterocycles. The summed E-state index contributed by atoms with van der Waals surface area (Å²) in [5.41, 5.74) is -1.01. The third-order valence-corrected chi connectivity index (χ3v) is 3.34. The largest absolute Gasteiger partial charge is 0.503 e. The molecule has 21 heavy (non-hydrogen) atoms. The summed E-state index contributed by atoms with van der Waals surface area (Å²) in [5, 5.41) is 10.1. The second-order valence-corrected chi connectivity index (χ2v) is 4.96. The van der Waals surface area contributed by atoms with Crippen LogP contribution in [0.1, 0.15) is 30.6 Å². The average molecular weight is 295 g/mol. The van der Waals surface area contributed by atoms with Crippen molar-refractivity contribution in [2.75, 3.05) is 14.2 Å². The molecule has 6 heteroatoms. The van der Waals surface area contributed by atoms with Crippen molar-refractivity contribution in [3.63, 3.8) is 0 Å². The van der Waals surface area contributed by atoms with Gasteiger partial charge in [0, 0.05) is 5.92 Å². The maximum absolute atomic E-state index is 12.4. The van der Waals surface area contributed by atoms with Crippen LogP contribution in [0.5, 0.6) is 17.4 Å². The van der Waals surface area contributed by atoms with Crippen molar-refractivity contribution in [2.24, 2.45) is 11.8 Å². The van der Waals surface area contributed by atoms with E-state index in [1.165, 1.54) is 14.2 Å². The number of pyridine rings is 1. The van der Waals surface area contributed by atoms with Crippen LogP contribution in [0.2, 0.25) is 0 Å². The number of nitrogens with one attached hydrogen (secondary N) is 1. The summed E-state index contributed by atoms with van der Waals surface area (Å²) in [6.07, 6.45) is 2.28. The average Bonchev–Trinajstić information content (AvgIpc) is 2.46. The van der Waals surface area contributed by atoms with Crippen LogP contribution < -0.4 is 15.0 Å². The zero-order valence-electron chi connectivity index (χ0n) is 12.7. The molecule has 0 amide bonds. The number of ether oxygens (including phenoxy) is 2. The molecular formula is C15H21NO5. The van der Waals surface area contributed by atoms with E-state index < -0.39 is 23.0 Å². The van der Waals surface area contributed by atoms with Crippen molar-refractivity contribution in [3.8, 4) is 17.4 Å². The molecule has 0 saturated carbocycles. The normalized spacial score (nSPS) is 13.3. The van der Waals surface area contributed by atoms with Gasteiger partial charge in [-0.05, 0) is 12.3 Å². The molecule has 2 N–H and O–H groups in total. The Hall–Kier alpha value is -2.24. The number of aromatic hydroxyl groups is 1. The molecule has 0 aliphatic heterocycles. The Bertz CT molecular complexity index is 590. The number of rotatable bonds is 7. The first-order valence-corrected chi connectivity index (χ1v) is 6.61. The third-order valence-electron chi connectivity index (χ3n) is 3.34. The number of H-pyrrole nitrogens is 1. The van der Waals surface area contributed by atoms with Crippen LogP contribution in [0.4, 0.5) is 0 Å². The molecule has 0 aliphatic carbocycles. The summed E-state index contributed by atoms with van der Waals surface area (Å²) in [7, 11) is 2.64. The van der Waals surface area contributed by atoms with E-state index in [2.05, 4.69) is 11.6 Å². The van der Waals surface area contributed by atoms with Gasteiger partial charge >= 0.3 is 0 Å². The lowest BCUT2D eigenvalue weighted by molar-refractivity contribution is 0.0912. The van der Waals surface area contributed by atoms with Gasteiger partial charge in [0.1, 0.15) is 5.56 Å². The fourth-order valence-corrected chi connectivity index (χ4v) is 2.12. The highest BCUT2D eigenvalue weighted by molar-refractivity contribution is 6.00. The number of hydrogen-bond donors (Lipinski definition) is 2. The molecule has 0 unspecified atom stereocenters. The SMILES string of the molecule is C=C[C@@H](C)C[C@H](C)C(=O)c1c(O)c(OC)c(OC)[nH]c1=O. The van der Waals surface area contributed by atoms with Gasteiger partial charge in [-0.15, -0.1) is 6.58 Å². The van der Waals surface area contributed by atoms with Gasteiger partial charge in [0.25, 0.3) is 5.56 Å². The summed E-state index contributed by atoms with van der Waals surface area (Å²) in [6, 6.07) is 0. The zero-order chi connectivity index (χ0) is 16.2. The van der Waals surface area contributed by atoms with E-state index in [1.807, 2.05) is 6.92 Å². The van der Waals surface area contributed by atoms with Gasteiger partial charge in [-0.25, -0.2) is 0 Å². The lowest BCUT2D eigenvalue weighted by Crippen LogP contribution is -2.24. The van der Waals surface area contributed by atoms with Crippen molar-refractivity contribution in [1.29, 1.82) is 0 Å².